The maximum absolute atomic E-state index is 13.7. The zero-order valence-corrected chi connectivity index (χ0v) is 21.2. The van der Waals surface area contributed by atoms with Gasteiger partial charge in [0, 0.05) is 0 Å². The largest absolute Gasteiger partial charge is 0.375 e. The van der Waals surface area contributed by atoms with Crippen LogP contribution in [0.25, 0.3) is 0 Å². The Kier molecular flexibility index (Phi) is 15.9. The van der Waals surface area contributed by atoms with Gasteiger partial charge in [0.05, 0.1) is 31.8 Å². The molecule has 7 nitrogen and oxygen atoms in total. The number of halogens is 1. The Hall–Kier alpha value is 0.740. The Morgan fingerprint density at radius 2 is 0.929 bits per heavy atom. The molecule has 0 rings (SSSR count). The van der Waals surface area contributed by atoms with Crippen molar-refractivity contribution in [2.45, 2.75) is 84.1 Å². The molecule has 0 unspecified atom stereocenters. The monoisotopic (exact) mass is 508 g/mol. The van der Waals surface area contributed by atoms with Gasteiger partial charge in [0.1, 0.15) is 0 Å². The van der Waals surface area contributed by atoms with Gasteiger partial charge in [-0.3, -0.25) is 9.13 Å². The molecule has 0 saturated carbocycles. The maximum Gasteiger partial charge on any atom is 0.375 e. The van der Waals surface area contributed by atoms with Gasteiger partial charge in [-0.15, -0.1) is 0 Å². The van der Waals surface area contributed by atoms with Gasteiger partial charge in [0.25, 0.3) is 5.08 Å². The molecule has 0 aromatic carbocycles. The molecular formula is C18H39BrO7P2. The second kappa shape index (κ2) is 15.5. The molecule has 170 valence electrons. The van der Waals surface area contributed by atoms with Crippen LogP contribution in [0.5, 0.6) is 0 Å². The van der Waals surface area contributed by atoms with Crippen molar-refractivity contribution in [2.24, 2.45) is 0 Å². The van der Waals surface area contributed by atoms with Crippen LogP contribution in [-0.2, 0) is 27.2 Å². The molecule has 0 atom stereocenters. The smallest absolute Gasteiger partial charge is 0.367 e. The highest BCUT2D eigenvalue weighted by atomic mass is 79.9. The van der Waals surface area contributed by atoms with Crippen molar-refractivity contribution < 1.29 is 32.3 Å². The van der Waals surface area contributed by atoms with Crippen molar-refractivity contribution in [3.05, 3.63) is 0 Å². The summed E-state index contributed by atoms with van der Waals surface area (Å²) < 4.78 is 49.6. The van der Waals surface area contributed by atoms with Crippen LogP contribution in [0.2, 0.25) is 0 Å². The topological polar surface area (TPSA) is 91.3 Å². The molecule has 1 N–H and O–H groups in total. The van der Waals surface area contributed by atoms with Gasteiger partial charge in [0.2, 0.25) is 0 Å². The van der Waals surface area contributed by atoms with Gasteiger partial charge in [-0.1, -0.05) is 69.3 Å². The number of unbranched alkanes of at least 4 members (excludes halogenated alkanes) is 4. The lowest BCUT2D eigenvalue weighted by atomic mass is 10.4. The molecule has 0 aromatic rings. The Labute approximate surface area is 179 Å². The van der Waals surface area contributed by atoms with Crippen LogP contribution in [0.4, 0.5) is 0 Å². The highest BCUT2D eigenvalue weighted by Gasteiger charge is 2.64. The van der Waals surface area contributed by atoms with Crippen molar-refractivity contribution in [3.8, 4) is 0 Å². The summed E-state index contributed by atoms with van der Waals surface area (Å²) in [6, 6.07) is 0. The van der Waals surface area contributed by atoms with E-state index in [2.05, 4.69) is 15.9 Å². The van der Waals surface area contributed by atoms with E-state index in [9.17, 15) is 14.2 Å². The maximum atomic E-state index is 13.7. The molecule has 0 heterocycles. The Bertz CT molecular complexity index is 425. The Morgan fingerprint density at radius 1 is 0.679 bits per heavy atom. The first kappa shape index (κ1) is 28.7. The van der Waals surface area contributed by atoms with Crippen molar-refractivity contribution in [1.82, 2.24) is 0 Å². The molecule has 0 fully saturated rings. The van der Waals surface area contributed by atoms with E-state index in [1.165, 1.54) is 0 Å². The fourth-order valence-corrected chi connectivity index (χ4v) is 8.58. The Balaban J connectivity index is 5.84. The first-order valence-corrected chi connectivity index (χ1v) is 14.6. The predicted molar refractivity (Wildman–Crippen MR) is 117 cm³/mol. The van der Waals surface area contributed by atoms with Crippen LogP contribution >= 0.6 is 31.1 Å². The summed E-state index contributed by atoms with van der Waals surface area (Å²) in [5.41, 5.74) is 0. The summed E-state index contributed by atoms with van der Waals surface area (Å²) in [6.07, 6.45) is 5.82. The van der Waals surface area contributed by atoms with Crippen LogP contribution in [-0.4, -0.2) is 41.9 Å². The summed E-state index contributed by atoms with van der Waals surface area (Å²) in [4.78, 5) is 0. The fourth-order valence-electron chi connectivity index (χ4n) is 2.10. The minimum absolute atomic E-state index is 0.124. The summed E-state index contributed by atoms with van der Waals surface area (Å²) in [7, 11) is -8.45. The average molecular weight is 509 g/mol. The van der Waals surface area contributed by atoms with E-state index in [0.717, 1.165) is 25.7 Å². The average Bonchev–Trinajstić information content (AvgIpc) is 2.68. The van der Waals surface area contributed by atoms with E-state index in [4.69, 9.17) is 18.1 Å². The van der Waals surface area contributed by atoms with Crippen LogP contribution < -0.4 is 0 Å². The van der Waals surface area contributed by atoms with E-state index in [1.54, 1.807) is 0 Å². The van der Waals surface area contributed by atoms with Crippen molar-refractivity contribution in [3.63, 3.8) is 0 Å². The second-order valence-electron chi connectivity index (χ2n) is 6.65. The normalized spacial score (nSPS) is 13.2. The van der Waals surface area contributed by atoms with Crippen LogP contribution in [0, 0.1) is 0 Å². The van der Waals surface area contributed by atoms with Gasteiger partial charge in [-0.25, -0.2) is 0 Å². The standard InChI is InChI=1S/C18H39BrO7P2/c1-5-9-13-23-27(21,24-14-10-6-2)18(20,17-19)28(22,25-15-11-7-3)26-16-12-8-4/h20H,5-17H2,1-4H3. The first-order valence-electron chi connectivity index (χ1n) is 10.4. The molecule has 0 aliphatic rings. The molecule has 10 heteroatoms. The zero-order valence-electron chi connectivity index (χ0n) is 17.9. The van der Waals surface area contributed by atoms with E-state index in [0.29, 0.717) is 25.7 Å². The number of aliphatic hydroxyl groups is 1. The lowest BCUT2D eigenvalue weighted by molar-refractivity contribution is 0.0882. The van der Waals surface area contributed by atoms with Gasteiger partial charge in [-0.2, -0.15) is 0 Å². The molecule has 0 saturated heterocycles. The van der Waals surface area contributed by atoms with E-state index >= 15 is 0 Å². The number of rotatable bonds is 19. The first-order chi connectivity index (χ1) is 13.3. The van der Waals surface area contributed by atoms with E-state index < -0.39 is 20.3 Å². The zero-order chi connectivity index (χ0) is 21.5. The minimum atomic E-state index is -4.22. The third kappa shape index (κ3) is 8.47. The summed E-state index contributed by atoms with van der Waals surface area (Å²) >= 11 is 3.17. The highest BCUT2D eigenvalue weighted by molar-refractivity contribution is 9.09. The molecular weight excluding hydrogens is 470 g/mol. The van der Waals surface area contributed by atoms with E-state index in [1.807, 2.05) is 27.7 Å². The van der Waals surface area contributed by atoms with Gasteiger partial charge < -0.3 is 23.2 Å². The van der Waals surface area contributed by atoms with Gasteiger partial charge >= 0.3 is 15.2 Å². The summed E-state index contributed by atoms with van der Waals surface area (Å²) in [5, 5.41) is 8.65. The quantitative estimate of drug-likeness (QED) is 0.118. The molecule has 0 aliphatic heterocycles. The lowest BCUT2D eigenvalue weighted by Gasteiger charge is -2.37. The van der Waals surface area contributed by atoms with Gasteiger partial charge in [-0.05, 0) is 25.7 Å². The van der Waals surface area contributed by atoms with E-state index in [-0.39, 0.29) is 31.8 Å². The molecule has 28 heavy (non-hydrogen) atoms. The molecule has 0 radical (unpaired) electrons. The number of hydrogen-bond donors (Lipinski definition) is 1. The third-order valence-corrected chi connectivity index (χ3v) is 11.4. The second-order valence-corrected chi connectivity index (χ2v) is 12.1. The Morgan fingerprint density at radius 3 is 1.11 bits per heavy atom. The van der Waals surface area contributed by atoms with Crippen molar-refractivity contribution in [2.75, 3.05) is 31.8 Å². The fraction of sp³-hybridized carbons (Fsp3) is 1.00. The molecule has 0 spiro atoms. The van der Waals surface area contributed by atoms with Crippen LogP contribution in [0.1, 0.15) is 79.1 Å². The highest BCUT2D eigenvalue weighted by Crippen LogP contribution is 2.77. The number of hydrogen-bond acceptors (Lipinski definition) is 7. The molecule has 0 bridgehead atoms. The van der Waals surface area contributed by atoms with Gasteiger partial charge in [0.15, 0.2) is 0 Å². The summed E-state index contributed by atoms with van der Waals surface area (Å²) in [5.74, 6) is 0. The van der Waals surface area contributed by atoms with Crippen molar-refractivity contribution >= 4 is 31.1 Å². The van der Waals surface area contributed by atoms with Crippen molar-refractivity contribution in [1.29, 1.82) is 0 Å². The molecule has 0 aliphatic carbocycles. The molecule has 0 amide bonds. The van der Waals surface area contributed by atoms with Crippen LogP contribution in [0.3, 0.4) is 0 Å². The summed E-state index contributed by atoms with van der Waals surface area (Å²) in [6.45, 7) is 8.37. The molecule has 0 aromatic heterocycles. The predicted octanol–water partition coefficient (Wildman–Crippen LogP) is 6.68. The minimum Gasteiger partial charge on any atom is -0.367 e. The van der Waals surface area contributed by atoms with Crippen LogP contribution in [0.15, 0.2) is 0 Å². The lowest BCUT2D eigenvalue weighted by Crippen LogP contribution is -2.35. The number of alkyl halides is 1. The SMILES string of the molecule is CCCCOP(=O)(OCCCC)C(O)(CBr)P(=O)(OCCCC)OCCCC. The third-order valence-electron chi connectivity index (χ3n) is 4.09.